The van der Waals surface area contributed by atoms with Gasteiger partial charge >= 0.3 is 6.03 Å². The maximum absolute atomic E-state index is 12.7. The molecule has 2 heterocycles. The van der Waals surface area contributed by atoms with Crippen LogP contribution in [0, 0.1) is 5.92 Å². The van der Waals surface area contributed by atoms with Crippen molar-refractivity contribution in [1.29, 1.82) is 0 Å². The quantitative estimate of drug-likeness (QED) is 0.858. The van der Waals surface area contributed by atoms with Crippen LogP contribution in [0.5, 0.6) is 0 Å². The molecule has 0 aromatic carbocycles. The van der Waals surface area contributed by atoms with Crippen molar-refractivity contribution in [2.24, 2.45) is 13.0 Å². The molecule has 0 bridgehead atoms. The highest BCUT2D eigenvalue weighted by molar-refractivity contribution is 9.10. The molecule has 128 valence electrons. The first kappa shape index (κ1) is 18.0. The van der Waals surface area contributed by atoms with Gasteiger partial charge < -0.3 is 14.8 Å². The first-order valence-electron chi connectivity index (χ1n) is 8.32. The molecule has 1 aliphatic heterocycles. The molecule has 2 rings (SSSR count). The van der Waals surface area contributed by atoms with Crippen molar-refractivity contribution in [2.75, 3.05) is 11.9 Å². The second kappa shape index (κ2) is 7.99. The Kier molecular flexibility index (Phi) is 6.27. The van der Waals surface area contributed by atoms with E-state index in [-0.39, 0.29) is 17.6 Å². The molecule has 0 spiro atoms. The lowest BCUT2D eigenvalue weighted by molar-refractivity contribution is 0.178. The summed E-state index contributed by atoms with van der Waals surface area (Å²) < 4.78 is 2.23. The highest BCUT2D eigenvalue weighted by Gasteiger charge is 2.26. The topological polar surface area (TPSA) is 54.3 Å². The second-order valence-corrected chi connectivity index (χ2v) is 7.66. The summed E-state index contributed by atoms with van der Waals surface area (Å²) in [5, 5.41) is 2.82. The zero-order valence-corrected chi connectivity index (χ0v) is 15.7. The summed E-state index contributed by atoms with van der Waals surface area (Å²) in [6.45, 7) is 5.13. The number of nitrogens with one attached hydrogen (secondary N) is 1. The molecule has 1 unspecified atom stereocenters. The molecule has 23 heavy (non-hydrogen) atoms. The van der Waals surface area contributed by atoms with Crippen molar-refractivity contribution in [3.8, 4) is 0 Å². The van der Waals surface area contributed by atoms with Crippen LogP contribution in [0.4, 0.5) is 10.5 Å². The van der Waals surface area contributed by atoms with Gasteiger partial charge in [0.15, 0.2) is 0 Å². The van der Waals surface area contributed by atoms with E-state index in [1.165, 1.54) is 11.0 Å². The maximum Gasteiger partial charge on any atom is 0.322 e. The molecule has 1 saturated heterocycles. The first-order chi connectivity index (χ1) is 10.9. The van der Waals surface area contributed by atoms with Gasteiger partial charge in [0.2, 0.25) is 0 Å². The maximum atomic E-state index is 12.7. The third kappa shape index (κ3) is 4.83. The molecule has 1 fully saturated rings. The van der Waals surface area contributed by atoms with E-state index in [4.69, 9.17) is 0 Å². The Hall–Kier alpha value is -1.30. The number of amides is 2. The van der Waals surface area contributed by atoms with Gasteiger partial charge in [-0.2, -0.15) is 0 Å². The molecule has 0 saturated carbocycles. The summed E-state index contributed by atoms with van der Waals surface area (Å²) in [5.74, 6) is 0.548. The molecule has 0 radical (unpaired) electrons. The number of nitrogens with zero attached hydrogens (tertiary/aromatic N) is 2. The minimum Gasteiger partial charge on any atom is -0.322 e. The van der Waals surface area contributed by atoms with E-state index in [0.717, 1.165) is 36.7 Å². The fourth-order valence-corrected chi connectivity index (χ4v) is 3.72. The predicted molar refractivity (Wildman–Crippen MR) is 96.8 cm³/mol. The Morgan fingerprint density at radius 2 is 2.13 bits per heavy atom. The summed E-state index contributed by atoms with van der Waals surface area (Å²) in [4.78, 5) is 26.8. The van der Waals surface area contributed by atoms with E-state index in [1.807, 2.05) is 4.90 Å². The van der Waals surface area contributed by atoms with Crippen LogP contribution in [0.15, 0.2) is 21.5 Å². The van der Waals surface area contributed by atoms with Gasteiger partial charge in [-0.3, -0.25) is 4.79 Å². The summed E-state index contributed by atoms with van der Waals surface area (Å²) in [6, 6.07) is 1.76. The number of aromatic nitrogens is 1. The van der Waals surface area contributed by atoms with Crippen LogP contribution in [-0.4, -0.2) is 28.1 Å². The Balaban J connectivity index is 2.18. The van der Waals surface area contributed by atoms with E-state index in [1.54, 1.807) is 19.3 Å². The van der Waals surface area contributed by atoms with Crippen molar-refractivity contribution in [3.63, 3.8) is 0 Å². The Morgan fingerprint density at radius 3 is 2.83 bits per heavy atom. The number of pyridine rings is 1. The van der Waals surface area contributed by atoms with E-state index in [0.29, 0.717) is 11.6 Å². The third-order valence-electron chi connectivity index (χ3n) is 4.27. The second-order valence-electron chi connectivity index (χ2n) is 6.74. The standard InChI is InChI=1S/C17H26BrN3O2/c1-12(2)9-14-7-5-4-6-8-21(14)17(23)19-15-10-13(18)11-20(3)16(15)22/h10-12,14H,4-9H2,1-3H3,(H,19,23). The number of urea groups is 1. The van der Waals surface area contributed by atoms with Gasteiger partial charge in [-0.25, -0.2) is 4.79 Å². The number of hydrogen-bond donors (Lipinski definition) is 1. The van der Waals surface area contributed by atoms with Crippen molar-refractivity contribution < 1.29 is 4.79 Å². The normalized spacial score (nSPS) is 18.8. The number of carbonyl (C=O) groups is 1. The molecule has 0 aliphatic carbocycles. The molecule has 1 N–H and O–H groups in total. The summed E-state index contributed by atoms with van der Waals surface area (Å²) >= 11 is 3.37. The highest BCUT2D eigenvalue weighted by Crippen LogP contribution is 2.23. The van der Waals surface area contributed by atoms with Crippen LogP contribution in [0.1, 0.15) is 46.0 Å². The molecule has 2 amide bonds. The van der Waals surface area contributed by atoms with Crippen LogP contribution < -0.4 is 10.9 Å². The summed E-state index contributed by atoms with van der Waals surface area (Å²) in [6.07, 6.45) is 7.09. The van der Waals surface area contributed by atoms with E-state index < -0.39 is 0 Å². The first-order valence-corrected chi connectivity index (χ1v) is 9.11. The number of carbonyl (C=O) groups excluding carboxylic acids is 1. The van der Waals surface area contributed by atoms with Crippen LogP contribution in [0.25, 0.3) is 0 Å². The van der Waals surface area contributed by atoms with Gasteiger partial charge in [-0.1, -0.05) is 26.7 Å². The number of halogens is 1. The molecule has 1 aromatic heterocycles. The largest absolute Gasteiger partial charge is 0.322 e. The predicted octanol–water partition coefficient (Wildman–Crippen LogP) is 3.97. The molecule has 6 heteroatoms. The van der Waals surface area contributed by atoms with Gasteiger partial charge in [0.1, 0.15) is 5.69 Å². The van der Waals surface area contributed by atoms with Crippen molar-refractivity contribution in [3.05, 3.63) is 27.1 Å². The van der Waals surface area contributed by atoms with Crippen molar-refractivity contribution in [1.82, 2.24) is 9.47 Å². The molecule has 1 aromatic rings. The zero-order chi connectivity index (χ0) is 17.0. The van der Waals surface area contributed by atoms with Crippen LogP contribution in [-0.2, 0) is 7.05 Å². The monoisotopic (exact) mass is 383 g/mol. The molecule has 1 atom stereocenters. The number of rotatable bonds is 3. The van der Waals surface area contributed by atoms with Crippen molar-refractivity contribution in [2.45, 2.75) is 52.0 Å². The van der Waals surface area contributed by atoms with Crippen molar-refractivity contribution >= 4 is 27.6 Å². The zero-order valence-electron chi connectivity index (χ0n) is 14.1. The lowest BCUT2D eigenvalue weighted by Gasteiger charge is -2.31. The molecular formula is C17H26BrN3O2. The third-order valence-corrected chi connectivity index (χ3v) is 4.71. The number of hydrogen-bond acceptors (Lipinski definition) is 2. The van der Waals surface area contributed by atoms with Crippen LogP contribution in [0.2, 0.25) is 0 Å². The van der Waals surface area contributed by atoms with Crippen LogP contribution in [0.3, 0.4) is 0 Å². The van der Waals surface area contributed by atoms with Gasteiger partial charge in [-0.05, 0) is 47.2 Å². The Bertz CT molecular complexity index is 612. The molecule has 1 aliphatic rings. The summed E-state index contributed by atoms with van der Waals surface area (Å²) in [5.41, 5.74) is 0.121. The highest BCUT2D eigenvalue weighted by atomic mass is 79.9. The van der Waals surface area contributed by atoms with E-state index in [9.17, 15) is 9.59 Å². The number of aryl methyl sites for hydroxylation is 1. The fraction of sp³-hybridized carbons (Fsp3) is 0.647. The van der Waals surface area contributed by atoms with Gasteiger partial charge in [0, 0.05) is 30.3 Å². The fourth-order valence-electron chi connectivity index (χ4n) is 3.18. The SMILES string of the molecule is CC(C)CC1CCCCCN1C(=O)Nc1cc(Br)cn(C)c1=O. The lowest BCUT2D eigenvalue weighted by atomic mass is 9.99. The molecule has 5 nitrogen and oxygen atoms in total. The van der Waals surface area contributed by atoms with Gasteiger partial charge in [0.25, 0.3) is 5.56 Å². The Morgan fingerprint density at radius 1 is 1.39 bits per heavy atom. The average Bonchev–Trinajstić information content (AvgIpc) is 2.69. The minimum atomic E-state index is -0.197. The Labute approximate surface area is 146 Å². The number of likely N-dealkylation sites (tertiary alicyclic amines) is 1. The van der Waals surface area contributed by atoms with Gasteiger partial charge in [0.05, 0.1) is 0 Å². The minimum absolute atomic E-state index is 0.159. The van der Waals surface area contributed by atoms with Gasteiger partial charge in [-0.15, -0.1) is 0 Å². The lowest BCUT2D eigenvalue weighted by Crippen LogP contribution is -2.44. The number of anilines is 1. The molecular weight excluding hydrogens is 358 g/mol. The average molecular weight is 384 g/mol. The summed E-state index contributed by atoms with van der Waals surface area (Å²) in [7, 11) is 1.68. The van der Waals surface area contributed by atoms with Crippen LogP contribution >= 0.6 is 15.9 Å². The van der Waals surface area contributed by atoms with E-state index >= 15 is 0 Å². The van der Waals surface area contributed by atoms with E-state index in [2.05, 4.69) is 35.1 Å². The smallest absolute Gasteiger partial charge is 0.322 e.